The fourth-order valence-corrected chi connectivity index (χ4v) is 2.51. The second kappa shape index (κ2) is 7.20. The highest BCUT2D eigenvalue weighted by Crippen LogP contribution is 2.37. The molecule has 1 aliphatic rings. The SMILES string of the molecule is COc1cc(CNCC2CC=CCC2)cc(OC)c1O. The molecule has 2 rings (SSSR count). The summed E-state index contributed by atoms with van der Waals surface area (Å²) in [5, 5.41) is 13.3. The fourth-order valence-electron chi connectivity index (χ4n) is 2.51. The predicted molar refractivity (Wildman–Crippen MR) is 79.4 cm³/mol. The lowest BCUT2D eigenvalue weighted by molar-refractivity contribution is 0.338. The number of allylic oxidation sites excluding steroid dienone is 2. The maximum absolute atomic E-state index is 9.86. The highest BCUT2D eigenvalue weighted by atomic mass is 16.5. The predicted octanol–water partition coefficient (Wildman–Crippen LogP) is 2.86. The number of nitrogens with one attached hydrogen (secondary N) is 1. The van der Waals surface area contributed by atoms with Gasteiger partial charge in [-0.15, -0.1) is 0 Å². The number of hydrogen-bond donors (Lipinski definition) is 2. The molecule has 0 aromatic heterocycles. The van der Waals surface area contributed by atoms with Gasteiger partial charge in [0.05, 0.1) is 14.2 Å². The highest BCUT2D eigenvalue weighted by molar-refractivity contribution is 5.52. The molecule has 4 nitrogen and oxygen atoms in total. The Morgan fingerprint density at radius 2 is 1.90 bits per heavy atom. The van der Waals surface area contributed by atoms with Crippen LogP contribution < -0.4 is 14.8 Å². The minimum absolute atomic E-state index is 0.0520. The number of hydrogen-bond acceptors (Lipinski definition) is 4. The molecule has 1 atom stereocenters. The molecule has 0 amide bonds. The average molecular weight is 277 g/mol. The Morgan fingerprint density at radius 3 is 2.45 bits per heavy atom. The lowest BCUT2D eigenvalue weighted by Crippen LogP contribution is -2.23. The van der Waals surface area contributed by atoms with E-state index in [1.165, 1.54) is 12.8 Å². The van der Waals surface area contributed by atoms with Crippen LogP contribution in [0.4, 0.5) is 0 Å². The van der Waals surface area contributed by atoms with Gasteiger partial charge in [-0.2, -0.15) is 0 Å². The minimum Gasteiger partial charge on any atom is -0.502 e. The van der Waals surface area contributed by atoms with E-state index in [9.17, 15) is 5.11 Å². The van der Waals surface area contributed by atoms with Gasteiger partial charge in [0.25, 0.3) is 0 Å². The van der Waals surface area contributed by atoms with Crippen molar-refractivity contribution in [2.45, 2.75) is 25.8 Å². The van der Waals surface area contributed by atoms with Crippen molar-refractivity contribution in [3.63, 3.8) is 0 Å². The molecule has 0 saturated heterocycles. The van der Waals surface area contributed by atoms with Crippen molar-refractivity contribution < 1.29 is 14.6 Å². The number of phenolic OH excluding ortho intramolecular Hbond substituents is 1. The van der Waals surface area contributed by atoms with E-state index in [4.69, 9.17) is 9.47 Å². The van der Waals surface area contributed by atoms with Crippen molar-refractivity contribution in [3.05, 3.63) is 29.8 Å². The maximum atomic E-state index is 9.86. The Labute approximate surface area is 120 Å². The van der Waals surface area contributed by atoms with E-state index in [1.54, 1.807) is 14.2 Å². The summed E-state index contributed by atoms with van der Waals surface area (Å²) in [6, 6.07) is 3.68. The number of rotatable bonds is 6. The van der Waals surface area contributed by atoms with Crippen molar-refractivity contribution in [2.75, 3.05) is 20.8 Å². The first-order valence-electron chi connectivity index (χ1n) is 7.04. The third-order valence-electron chi connectivity index (χ3n) is 3.68. The van der Waals surface area contributed by atoms with Crippen molar-refractivity contribution in [1.29, 1.82) is 0 Å². The van der Waals surface area contributed by atoms with E-state index >= 15 is 0 Å². The molecule has 1 aromatic rings. The zero-order valence-corrected chi connectivity index (χ0v) is 12.2. The van der Waals surface area contributed by atoms with Gasteiger partial charge in [-0.05, 0) is 49.4 Å². The second-order valence-electron chi connectivity index (χ2n) is 5.13. The molecule has 0 saturated carbocycles. The molecular weight excluding hydrogens is 254 g/mol. The van der Waals surface area contributed by atoms with Crippen LogP contribution in [-0.4, -0.2) is 25.9 Å². The first kappa shape index (κ1) is 14.7. The van der Waals surface area contributed by atoms with Crippen LogP contribution in [-0.2, 0) is 6.54 Å². The summed E-state index contributed by atoms with van der Waals surface area (Å²) in [6.07, 6.45) is 8.13. The van der Waals surface area contributed by atoms with E-state index in [0.29, 0.717) is 11.5 Å². The van der Waals surface area contributed by atoms with Crippen LogP contribution in [0.2, 0.25) is 0 Å². The van der Waals surface area contributed by atoms with E-state index in [-0.39, 0.29) is 5.75 Å². The smallest absolute Gasteiger partial charge is 0.200 e. The van der Waals surface area contributed by atoms with Gasteiger partial charge >= 0.3 is 0 Å². The van der Waals surface area contributed by atoms with E-state index in [0.717, 1.165) is 31.0 Å². The molecule has 0 radical (unpaired) electrons. The largest absolute Gasteiger partial charge is 0.502 e. The third kappa shape index (κ3) is 3.67. The summed E-state index contributed by atoms with van der Waals surface area (Å²) >= 11 is 0. The second-order valence-corrected chi connectivity index (χ2v) is 5.13. The number of methoxy groups -OCH3 is 2. The summed E-state index contributed by atoms with van der Waals surface area (Å²) < 4.78 is 10.3. The number of aromatic hydroxyl groups is 1. The Bertz CT molecular complexity index is 446. The van der Waals surface area contributed by atoms with Crippen LogP contribution in [0.15, 0.2) is 24.3 Å². The molecule has 2 N–H and O–H groups in total. The zero-order valence-electron chi connectivity index (χ0n) is 12.2. The molecule has 20 heavy (non-hydrogen) atoms. The van der Waals surface area contributed by atoms with Crippen LogP contribution in [0, 0.1) is 5.92 Å². The van der Waals surface area contributed by atoms with Crippen LogP contribution in [0.3, 0.4) is 0 Å². The normalized spacial score (nSPS) is 18.0. The zero-order chi connectivity index (χ0) is 14.4. The molecule has 0 spiro atoms. The van der Waals surface area contributed by atoms with E-state index in [2.05, 4.69) is 17.5 Å². The average Bonchev–Trinajstić information content (AvgIpc) is 2.49. The number of benzene rings is 1. The Kier molecular flexibility index (Phi) is 5.30. The van der Waals surface area contributed by atoms with Crippen LogP contribution in [0.1, 0.15) is 24.8 Å². The maximum Gasteiger partial charge on any atom is 0.200 e. The molecule has 1 unspecified atom stereocenters. The lowest BCUT2D eigenvalue weighted by atomic mass is 9.94. The van der Waals surface area contributed by atoms with Gasteiger partial charge in [0, 0.05) is 6.54 Å². The van der Waals surface area contributed by atoms with Crippen molar-refractivity contribution in [3.8, 4) is 17.2 Å². The summed E-state index contributed by atoms with van der Waals surface area (Å²) in [7, 11) is 3.08. The first-order valence-corrected chi connectivity index (χ1v) is 7.04. The summed E-state index contributed by atoms with van der Waals surface area (Å²) in [5.41, 5.74) is 1.04. The van der Waals surface area contributed by atoms with E-state index < -0.39 is 0 Å². The Hall–Kier alpha value is -1.68. The van der Waals surface area contributed by atoms with Gasteiger partial charge in [0.2, 0.25) is 5.75 Å². The standard InChI is InChI=1S/C16H23NO3/c1-19-14-8-13(9-15(20-2)16(14)18)11-17-10-12-6-4-3-5-7-12/h3-4,8-9,12,17-18H,5-7,10-11H2,1-2H3. The molecule has 0 heterocycles. The summed E-state index contributed by atoms with van der Waals surface area (Å²) in [6.45, 7) is 1.75. The highest BCUT2D eigenvalue weighted by Gasteiger charge is 2.12. The number of phenols is 1. The van der Waals surface area contributed by atoms with Gasteiger partial charge < -0.3 is 19.9 Å². The van der Waals surface area contributed by atoms with Gasteiger partial charge in [0.1, 0.15) is 0 Å². The Balaban J connectivity index is 1.93. The van der Waals surface area contributed by atoms with Gasteiger partial charge in [-0.3, -0.25) is 0 Å². The van der Waals surface area contributed by atoms with Crippen LogP contribution >= 0.6 is 0 Å². The van der Waals surface area contributed by atoms with Crippen molar-refractivity contribution >= 4 is 0 Å². The summed E-state index contributed by atoms with van der Waals surface area (Å²) in [4.78, 5) is 0. The molecule has 1 aromatic carbocycles. The molecular formula is C16H23NO3. The molecule has 0 bridgehead atoms. The minimum atomic E-state index is 0.0520. The third-order valence-corrected chi connectivity index (χ3v) is 3.68. The molecule has 0 fully saturated rings. The number of ether oxygens (including phenoxy) is 2. The van der Waals surface area contributed by atoms with Gasteiger partial charge in [-0.1, -0.05) is 12.2 Å². The Morgan fingerprint density at radius 1 is 1.20 bits per heavy atom. The van der Waals surface area contributed by atoms with E-state index in [1.807, 2.05) is 12.1 Å². The monoisotopic (exact) mass is 277 g/mol. The topological polar surface area (TPSA) is 50.7 Å². The van der Waals surface area contributed by atoms with Gasteiger partial charge in [-0.25, -0.2) is 0 Å². The van der Waals surface area contributed by atoms with Crippen molar-refractivity contribution in [1.82, 2.24) is 5.32 Å². The fraction of sp³-hybridized carbons (Fsp3) is 0.500. The first-order chi connectivity index (χ1) is 9.74. The van der Waals surface area contributed by atoms with Crippen LogP contribution in [0.5, 0.6) is 17.2 Å². The lowest BCUT2D eigenvalue weighted by Gasteiger charge is -2.18. The quantitative estimate of drug-likeness (QED) is 0.785. The molecule has 1 aliphatic carbocycles. The summed E-state index contributed by atoms with van der Waals surface area (Å²) in [5.74, 6) is 1.67. The molecule has 0 aliphatic heterocycles. The van der Waals surface area contributed by atoms with Crippen LogP contribution in [0.25, 0.3) is 0 Å². The van der Waals surface area contributed by atoms with Gasteiger partial charge in [0.15, 0.2) is 11.5 Å². The molecule has 110 valence electrons. The molecule has 4 heteroatoms. The van der Waals surface area contributed by atoms with Crippen molar-refractivity contribution in [2.24, 2.45) is 5.92 Å².